The molecule has 1 atom stereocenters. The fraction of sp³-hybridized carbons (Fsp3) is 0.545. The molecule has 0 aliphatic carbocycles. The van der Waals surface area contributed by atoms with E-state index < -0.39 is 0 Å². The maximum absolute atomic E-state index is 12.2. The van der Waals surface area contributed by atoms with E-state index in [1.807, 2.05) is 24.8 Å². The van der Waals surface area contributed by atoms with Crippen LogP contribution in [-0.4, -0.2) is 36.5 Å². The summed E-state index contributed by atoms with van der Waals surface area (Å²) in [5, 5.41) is 3.26. The van der Waals surface area contributed by atoms with Gasteiger partial charge < -0.3 is 14.6 Å². The van der Waals surface area contributed by atoms with Gasteiger partial charge >= 0.3 is 0 Å². The van der Waals surface area contributed by atoms with Crippen molar-refractivity contribution in [3.8, 4) is 0 Å². The summed E-state index contributed by atoms with van der Waals surface area (Å²) in [7, 11) is 0. The quantitative estimate of drug-likeness (QED) is 0.856. The maximum Gasteiger partial charge on any atom is 0.290 e. The number of amides is 1. The molecule has 1 aromatic heterocycles. The number of nitrogens with one attached hydrogen (secondary N) is 1. The summed E-state index contributed by atoms with van der Waals surface area (Å²) in [5.41, 5.74) is 0.877. The lowest BCUT2D eigenvalue weighted by atomic mass is 10.2. The van der Waals surface area contributed by atoms with Crippen molar-refractivity contribution in [3.05, 3.63) is 22.1 Å². The van der Waals surface area contributed by atoms with Crippen LogP contribution in [0.4, 0.5) is 0 Å². The monoisotopic (exact) mass is 286 g/mol. The molecular formula is C11H15BrN2O2. The Morgan fingerprint density at radius 3 is 3.00 bits per heavy atom. The van der Waals surface area contributed by atoms with E-state index in [0.29, 0.717) is 10.4 Å². The number of carbonyl (C=O) groups is 1. The van der Waals surface area contributed by atoms with E-state index in [2.05, 4.69) is 21.2 Å². The molecule has 1 N–H and O–H groups in total. The lowest BCUT2D eigenvalue weighted by molar-refractivity contribution is 0.0620. The fourth-order valence-electron chi connectivity index (χ4n) is 1.93. The van der Waals surface area contributed by atoms with Gasteiger partial charge in [0.2, 0.25) is 0 Å². The van der Waals surface area contributed by atoms with Crippen molar-refractivity contribution in [2.24, 2.45) is 0 Å². The highest BCUT2D eigenvalue weighted by molar-refractivity contribution is 9.10. The highest BCUT2D eigenvalue weighted by atomic mass is 79.9. The lowest BCUT2D eigenvalue weighted by Gasteiger charge is -2.33. The van der Waals surface area contributed by atoms with E-state index in [0.717, 1.165) is 25.2 Å². The van der Waals surface area contributed by atoms with Gasteiger partial charge in [0.1, 0.15) is 0 Å². The molecule has 1 fully saturated rings. The number of halogens is 1. The van der Waals surface area contributed by atoms with Crippen LogP contribution in [-0.2, 0) is 0 Å². The number of furan rings is 1. The number of rotatable bonds is 1. The Hall–Kier alpha value is -0.810. The summed E-state index contributed by atoms with van der Waals surface area (Å²) in [6.45, 7) is 6.34. The summed E-state index contributed by atoms with van der Waals surface area (Å²) in [6, 6.07) is 2.03. The van der Waals surface area contributed by atoms with Crippen LogP contribution in [0.3, 0.4) is 0 Å². The lowest BCUT2D eigenvalue weighted by Crippen LogP contribution is -2.52. The molecule has 0 bridgehead atoms. The van der Waals surface area contributed by atoms with Gasteiger partial charge in [0.05, 0.1) is 0 Å². The second-order valence-corrected chi connectivity index (χ2v) is 4.90. The van der Waals surface area contributed by atoms with Crippen LogP contribution in [0, 0.1) is 6.92 Å². The van der Waals surface area contributed by atoms with Gasteiger partial charge in [-0.2, -0.15) is 0 Å². The molecule has 4 nitrogen and oxygen atoms in total. The first-order valence-electron chi connectivity index (χ1n) is 5.37. The zero-order valence-electron chi connectivity index (χ0n) is 9.42. The molecule has 0 radical (unpaired) electrons. The van der Waals surface area contributed by atoms with Gasteiger partial charge in [-0.05, 0) is 35.8 Å². The van der Waals surface area contributed by atoms with Crippen LogP contribution in [0.1, 0.15) is 23.0 Å². The molecule has 1 aliphatic rings. The highest BCUT2D eigenvalue weighted by Crippen LogP contribution is 2.22. The molecule has 2 rings (SSSR count). The Bertz CT molecular complexity index is 403. The van der Waals surface area contributed by atoms with E-state index in [-0.39, 0.29) is 11.9 Å². The second kappa shape index (κ2) is 4.59. The first-order valence-corrected chi connectivity index (χ1v) is 6.16. The van der Waals surface area contributed by atoms with E-state index in [1.165, 1.54) is 0 Å². The number of carbonyl (C=O) groups excluding carboxylic acids is 1. The van der Waals surface area contributed by atoms with Gasteiger partial charge in [-0.15, -0.1) is 0 Å². The average Bonchev–Trinajstić information content (AvgIpc) is 2.58. The number of hydrogen-bond acceptors (Lipinski definition) is 3. The first kappa shape index (κ1) is 11.7. The van der Waals surface area contributed by atoms with Gasteiger partial charge in [-0.25, -0.2) is 0 Å². The van der Waals surface area contributed by atoms with Gasteiger partial charge in [-0.3, -0.25) is 4.79 Å². The van der Waals surface area contributed by atoms with Crippen molar-refractivity contribution in [1.29, 1.82) is 0 Å². The van der Waals surface area contributed by atoms with E-state index in [1.54, 1.807) is 0 Å². The second-order valence-electron chi connectivity index (χ2n) is 4.11. The molecule has 1 aromatic rings. The van der Waals surface area contributed by atoms with Crippen molar-refractivity contribution in [3.63, 3.8) is 0 Å². The Balaban J connectivity index is 2.21. The van der Waals surface area contributed by atoms with Crippen LogP contribution >= 0.6 is 15.9 Å². The van der Waals surface area contributed by atoms with Gasteiger partial charge in [0, 0.05) is 31.2 Å². The van der Waals surface area contributed by atoms with E-state index >= 15 is 0 Å². The van der Waals surface area contributed by atoms with Crippen LogP contribution in [0.2, 0.25) is 0 Å². The summed E-state index contributed by atoms with van der Waals surface area (Å²) >= 11 is 3.24. The third-order valence-electron chi connectivity index (χ3n) is 2.84. The van der Waals surface area contributed by atoms with Gasteiger partial charge in [0.25, 0.3) is 5.91 Å². The minimum absolute atomic E-state index is 0.0165. The number of piperazine rings is 1. The first-order chi connectivity index (χ1) is 7.59. The molecule has 88 valence electrons. The van der Waals surface area contributed by atoms with Crippen LogP contribution in [0.15, 0.2) is 15.2 Å². The molecule has 0 unspecified atom stereocenters. The molecule has 0 spiro atoms. The van der Waals surface area contributed by atoms with Crippen molar-refractivity contribution in [2.75, 3.05) is 19.6 Å². The third-order valence-corrected chi connectivity index (χ3v) is 3.23. The Kier molecular flexibility index (Phi) is 3.35. The molecule has 0 aromatic carbocycles. The number of aryl methyl sites for hydroxylation is 1. The molecule has 5 heteroatoms. The Morgan fingerprint density at radius 1 is 1.69 bits per heavy atom. The SMILES string of the molecule is Cc1cc(Br)oc1C(=O)N1CCNC[C@@H]1C. The number of nitrogens with zero attached hydrogens (tertiary/aromatic N) is 1. The minimum Gasteiger partial charge on any atom is -0.444 e. The Labute approximate surface area is 103 Å². The normalized spacial score (nSPS) is 21.2. The molecule has 16 heavy (non-hydrogen) atoms. The topological polar surface area (TPSA) is 45.5 Å². The molecule has 0 saturated carbocycles. The van der Waals surface area contributed by atoms with E-state index in [4.69, 9.17) is 4.42 Å². The van der Waals surface area contributed by atoms with Crippen LogP contribution < -0.4 is 5.32 Å². The molecular weight excluding hydrogens is 272 g/mol. The van der Waals surface area contributed by atoms with Crippen molar-refractivity contribution >= 4 is 21.8 Å². The highest BCUT2D eigenvalue weighted by Gasteiger charge is 2.27. The van der Waals surface area contributed by atoms with Crippen LogP contribution in [0.5, 0.6) is 0 Å². The number of hydrogen-bond donors (Lipinski definition) is 1. The Morgan fingerprint density at radius 2 is 2.44 bits per heavy atom. The summed E-state index contributed by atoms with van der Waals surface area (Å²) in [6.07, 6.45) is 0. The average molecular weight is 287 g/mol. The molecule has 1 amide bonds. The zero-order chi connectivity index (χ0) is 11.7. The minimum atomic E-state index is -0.0165. The zero-order valence-corrected chi connectivity index (χ0v) is 11.0. The summed E-state index contributed by atoms with van der Waals surface area (Å²) in [4.78, 5) is 14.1. The molecule has 2 heterocycles. The van der Waals surface area contributed by atoms with Crippen LogP contribution in [0.25, 0.3) is 0 Å². The van der Waals surface area contributed by atoms with Crippen molar-refractivity contribution in [1.82, 2.24) is 10.2 Å². The smallest absolute Gasteiger partial charge is 0.290 e. The summed E-state index contributed by atoms with van der Waals surface area (Å²) in [5.74, 6) is 0.429. The predicted octanol–water partition coefficient (Wildman–Crippen LogP) is 1.78. The van der Waals surface area contributed by atoms with Gasteiger partial charge in [0.15, 0.2) is 10.4 Å². The third kappa shape index (κ3) is 2.15. The largest absolute Gasteiger partial charge is 0.444 e. The molecule has 1 aliphatic heterocycles. The molecule has 1 saturated heterocycles. The van der Waals surface area contributed by atoms with E-state index in [9.17, 15) is 4.79 Å². The van der Waals surface area contributed by atoms with Crippen molar-refractivity contribution < 1.29 is 9.21 Å². The van der Waals surface area contributed by atoms with Gasteiger partial charge in [-0.1, -0.05) is 0 Å². The maximum atomic E-state index is 12.2. The fourth-order valence-corrected chi connectivity index (χ4v) is 2.43. The van der Waals surface area contributed by atoms with Crippen molar-refractivity contribution in [2.45, 2.75) is 19.9 Å². The predicted molar refractivity (Wildman–Crippen MR) is 64.5 cm³/mol. The standard InChI is InChI=1S/C11H15BrN2O2/c1-7-5-9(12)16-10(7)11(15)14-4-3-13-6-8(14)2/h5,8,13H,3-4,6H2,1-2H3/t8-/m0/s1. The summed E-state index contributed by atoms with van der Waals surface area (Å²) < 4.78 is 5.99.